The number of aromatic nitrogens is 1. The van der Waals surface area contributed by atoms with Gasteiger partial charge in [-0.05, 0) is 51.3 Å². The second-order valence-corrected chi connectivity index (χ2v) is 6.40. The van der Waals surface area contributed by atoms with Crippen LogP contribution in [0, 0.1) is 11.3 Å². The summed E-state index contributed by atoms with van der Waals surface area (Å²) in [7, 11) is 0. The fraction of sp³-hybridized carbons (Fsp3) is 0.562. The van der Waals surface area contributed by atoms with Gasteiger partial charge in [-0.1, -0.05) is 0 Å². The van der Waals surface area contributed by atoms with Gasteiger partial charge in [-0.2, -0.15) is 5.26 Å². The van der Waals surface area contributed by atoms with E-state index in [4.69, 9.17) is 4.74 Å². The molecule has 2 heterocycles. The quantitative estimate of drug-likeness (QED) is 0.684. The second-order valence-electron chi connectivity index (χ2n) is 6.40. The Bertz CT molecular complexity index is 547. The van der Waals surface area contributed by atoms with Gasteiger partial charge in [-0.15, -0.1) is 0 Å². The van der Waals surface area contributed by atoms with E-state index in [1.807, 2.05) is 32.9 Å². The maximum Gasteiger partial charge on any atom is 1.00 e. The van der Waals surface area contributed by atoms with Crippen LogP contribution in [0.2, 0.25) is 0 Å². The summed E-state index contributed by atoms with van der Waals surface area (Å²) in [5.74, 6) is 0. The topological polar surface area (TPSA) is 66.2 Å². The van der Waals surface area contributed by atoms with Gasteiger partial charge in [0.15, 0.2) is 0 Å². The molecule has 0 saturated carbocycles. The Hall–Kier alpha value is -1.09. The van der Waals surface area contributed by atoms with Crippen molar-refractivity contribution in [2.24, 2.45) is 0 Å². The molecule has 1 saturated heterocycles. The summed E-state index contributed by atoms with van der Waals surface area (Å²) in [6.45, 7) is 6.62. The van der Waals surface area contributed by atoms with Crippen LogP contribution in [-0.4, -0.2) is 34.7 Å². The van der Waals surface area contributed by atoms with Crippen LogP contribution in [0.5, 0.6) is 0 Å². The normalized spacial score (nSPS) is 17.1. The molecule has 2 rings (SSSR count). The first-order valence-corrected chi connectivity index (χ1v) is 7.16. The maximum absolute atomic E-state index is 12.1. The SMILES string of the molecule is CC(C)(C)OC(=O)N1CCC(C#N)(c2ccncc2)CC1.[H-].[Na+]. The van der Waals surface area contributed by atoms with E-state index < -0.39 is 11.0 Å². The zero-order valence-corrected chi connectivity index (χ0v) is 15.8. The Balaban J connectivity index is 0.00000242. The molecule has 22 heavy (non-hydrogen) atoms. The van der Waals surface area contributed by atoms with Crippen LogP contribution in [0.15, 0.2) is 24.5 Å². The molecule has 0 spiro atoms. The Morgan fingerprint density at radius 3 is 2.36 bits per heavy atom. The molecule has 1 fully saturated rings. The van der Waals surface area contributed by atoms with E-state index in [-0.39, 0.29) is 37.1 Å². The summed E-state index contributed by atoms with van der Waals surface area (Å²) in [5.41, 5.74) is -0.0447. The minimum Gasteiger partial charge on any atom is -1.00 e. The summed E-state index contributed by atoms with van der Waals surface area (Å²) < 4.78 is 5.38. The number of carbonyl (C=O) groups excluding carboxylic acids is 1. The van der Waals surface area contributed by atoms with Gasteiger partial charge in [0, 0.05) is 25.5 Å². The van der Waals surface area contributed by atoms with Crippen LogP contribution in [0.3, 0.4) is 0 Å². The maximum atomic E-state index is 12.1. The monoisotopic (exact) mass is 311 g/mol. The number of hydrogen-bond donors (Lipinski definition) is 0. The van der Waals surface area contributed by atoms with Gasteiger partial charge in [0.2, 0.25) is 0 Å². The van der Waals surface area contributed by atoms with Crippen molar-refractivity contribution in [3.8, 4) is 6.07 Å². The first-order chi connectivity index (χ1) is 9.86. The van der Waals surface area contributed by atoms with E-state index in [1.165, 1.54) is 0 Å². The van der Waals surface area contributed by atoms with Crippen molar-refractivity contribution >= 4 is 6.09 Å². The predicted octanol–water partition coefficient (Wildman–Crippen LogP) is -0.00962. The molecule has 0 aliphatic carbocycles. The van der Waals surface area contributed by atoms with Crippen LogP contribution < -0.4 is 29.6 Å². The minimum absolute atomic E-state index is 0. The standard InChI is InChI=1S/C16H21N3O2.Na.H/c1-15(2,3)21-14(20)19-10-6-16(12-17,7-11-19)13-4-8-18-9-5-13;;/h4-5,8-9H,6-7,10-11H2,1-3H3;;/q;+1;-1. The third kappa shape index (κ3) is 4.45. The molecule has 1 aliphatic heterocycles. The fourth-order valence-electron chi connectivity index (χ4n) is 2.53. The number of nitrogens with zero attached hydrogens (tertiary/aromatic N) is 3. The van der Waals surface area contributed by atoms with E-state index in [9.17, 15) is 10.1 Å². The number of amides is 1. The molecule has 0 unspecified atom stereocenters. The van der Waals surface area contributed by atoms with Crippen LogP contribution in [0.25, 0.3) is 0 Å². The number of likely N-dealkylation sites (tertiary alicyclic amines) is 1. The Kier molecular flexibility index (Phi) is 6.42. The van der Waals surface area contributed by atoms with Crippen molar-refractivity contribution in [3.05, 3.63) is 30.1 Å². The summed E-state index contributed by atoms with van der Waals surface area (Å²) in [4.78, 5) is 17.7. The molecule has 6 heteroatoms. The number of ether oxygens (including phenoxy) is 1. The van der Waals surface area contributed by atoms with Crippen LogP contribution in [-0.2, 0) is 10.2 Å². The number of carbonyl (C=O) groups is 1. The third-order valence-corrected chi connectivity index (χ3v) is 3.72. The number of nitriles is 1. The van der Waals surface area contributed by atoms with Crippen molar-refractivity contribution in [1.29, 1.82) is 5.26 Å². The molecule has 0 radical (unpaired) electrons. The second kappa shape index (κ2) is 7.45. The van der Waals surface area contributed by atoms with E-state index >= 15 is 0 Å². The van der Waals surface area contributed by atoms with Gasteiger partial charge in [0.1, 0.15) is 5.60 Å². The Morgan fingerprint density at radius 1 is 1.36 bits per heavy atom. The largest absolute Gasteiger partial charge is 1.00 e. The number of hydrogen-bond acceptors (Lipinski definition) is 4. The molecule has 0 N–H and O–H groups in total. The molecule has 0 atom stereocenters. The van der Waals surface area contributed by atoms with Crippen molar-refractivity contribution in [2.75, 3.05) is 13.1 Å². The molecular formula is C16H22N3NaO2. The Labute approximate surface area is 155 Å². The molecule has 0 bridgehead atoms. The van der Waals surface area contributed by atoms with Gasteiger partial charge in [0.05, 0.1) is 11.5 Å². The van der Waals surface area contributed by atoms with Gasteiger partial charge in [-0.25, -0.2) is 4.79 Å². The number of piperidine rings is 1. The zero-order chi connectivity index (χ0) is 15.5. The van der Waals surface area contributed by atoms with Crippen molar-refractivity contribution < 1.29 is 40.5 Å². The van der Waals surface area contributed by atoms with Crippen LogP contribution in [0.1, 0.15) is 40.6 Å². The van der Waals surface area contributed by atoms with Crippen LogP contribution >= 0.6 is 0 Å². The smallest absolute Gasteiger partial charge is 1.00 e. The van der Waals surface area contributed by atoms with Crippen molar-refractivity contribution in [1.82, 2.24) is 9.88 Å². The predicted molar refractivity (Wildman–Crippen MR) is 79.7 cm³/mol. The molecular weight excluding hydrogens is 289 g/mol. The van der Waals surface area contributed by atoms with E-state index in [2.05, 4.69) is 11.1 Å². The summed E-state index contributed by atoms with van der Waals surface area (Å²) in [6, 6.07) is 6.20. The third-order valence-electron chi connectivity index (χ3n) is 3.72. The van der Waals surface area contributed by atoms with Gasteiger partial charge >= 0.3 is 35.7 Å². The van der Waals surface area contributed by atoms with Crippen LogP contribution in [0.4, 0.5) is 4.79 Å². The van der Waals surface area contributed by atoms with E-state index in [1.54, 1.807) is 17.3 Å². The summed E-state index contributed by atoms with van der Waals surface area (Å²) in [6.07, 6.45) is 4.34. The molecule has 5 nitrogen and oxygen atoms in total. The zero-order valence-electron chi connectivity index (χ0n) is 14.8. The Morgan fingerprint density at radius 2 is 1.91 bits per heavy atom. The minimum atomic E-state index is -0.526. The average molecular weight is 311 g/mol. The number of rotatable bonds is 1. The molecule has 0 aromatic carbocycles. The van der Waals surface area contributed by atoms with Gasteiger partial charge in [-0.3, -0.25) is 4.98 Å². The average Bonchev–Trinajstić information content (AvgIpc) is 2.46. The number of pyridine rings is 1. The van der Waals surface area contributed by atoms with Gasteiger partial charge < -0.3 is 11.1 Å². The van der Waals surface area contributed by atoms with E-state index in [0.717, 1.165) is 5.56 Å². The summed E-state index contributed by atoms with van der Waals surface area (Å²) in [5, 5.41) is 9.60. The molecule has 1 aromatic rings. The molecule has 1 aromatic heterocycles. The summed E-state index contributed by atoms with van der Waals surface area (Å²) >= 11 is 0. The molecule has 114 valence electrons. The van der Waals surface area contributed by atoms with Crippen molar-refractivity contribution in [2.45, 2.75) is 44.6 Å². The molecule has 1 aliphatic rings. The van der Waals surface area contributed by atoms with Gasteiger partial charge in [0.25, 0.3) is 0 Å². The first-order valence-electron chi connectivity index (χ1n) is 7.16. The molecule has 1 amide bonds. The van der Waals surface area contributed by atoms with Crippen molar-refractivity contribution in [3.63, 3.8) is 0 Å². The first kappa shape index (κ1) is 19.0. The fourth-order valence-corrected chi connectivity index (χ4v) is 2.53. The van der Waals surface area contributed by atoms with E-state index in [0.29, 0.717) is 25.9 Å².